The van der Waals surface area contributed by atoms with Crippen molar-refractivity contribution in [2.75, 3.05) is 7.11 Å². The number of ether oxygens (including phenoxy) is 1. The maximum Gasteiger partial charge on any atom is 0.417 e. The van der Waals surface area contributed by atoms with Crippen molar-refractivity contribution in [3.05, 3.63) is 28.5 Å². The highest BCUT2D eigenvalue weighted by Gasteiger charge is 2.55. The van der Waals surface area contributed by atoms with E-state index in [0.29, 0.717) is 19.0 Å². The van der Waals surface area contributed by atoms with E-state index >= 15 is 0 Å². The van der Waals surface area contributed by atoms with Gasteiger partial charge >= 0.3 is 12.1 Å². The van der Waals surface area contributed by atoms with E-state index in [1.54, 1.807) is 0 Å². The summed E-state index contributed by atoms with van der Waals surface area (Å²) in [6.45, 7) is 0. The maximum atomic E-state index is 12.4. The van der Waals surface area contributed by atoms with Gasteiger partial charge < -0.3 is 4.74 Å². The Labute approximate surface area is 106 Å². The van der Waals surface area contributed by atoms with Gasteiger partial charge in [0.05, 0.1) is 23.4 Å². The summed E-state index contributed by atoms with van der Waals surface area (Å²) in [7, 11) is 1.22. The van der Waals surface area contributed by atoms with Gasteiger partial charge in [0.15, 0.2) is 0 Å². The molecule has 0 aliphatic heterocycles. The number of hydrogen-bond donors (Lipinski definition) is 0. The summed E-state index contributed by atoms with van der Waals surface area (Å²) in [5.74, 6) is -0.517. The van der Waals surface area contributed by atoms with E-state index in [1.165, 1.54) is 7.11 Å². The quantitative estimate of drug-likeness (QED) is 0.781. The fourth-order valence-corrected chi connectivity index (χ4v) is 2.15. The predicted octanol–water partition coefficient (Wildman–Crippen LogP) is 2.96. The lowest BCUT2D eigenvalue weighted by molar-refractivity contribution is -0.143. The van der Waals surface area contributed by atoms with Crippen molar-refractivity contribution in [1.82, 2.24) is 4.98 Å². The van der Waals surface area contributed by atoms with E-state index in [1.807, 2.05) is 0 Å². The first kappa shape index (κ1) is 13.1. The van der Waals surface area contributed by atoms with Crippen LogP contribution < -0.4 is 0 Å². The molecule has 98 valence electrons. The molecule has 0 N–H and O–H groups in total. The summed E-state index contributed by atoms with van der Waals surface area (Å²) in [6.07, 6.45) is -2.85. The lowest BCUT2D eigenvalue weighted by Gasteiger charge is -2.15. The maximum absolute atomic E-state index is 12.4. The number of alkyl halides is 3. The number of esters is 1. The molecule has 1 aromatic heterocycles. The molecule has 1 saturated carbocycles. The summed E-state index contributed by atoms with van der Waals surface area (Å²) in [4.78, 5) is 15.3. The smallest absolute Gasteiger partial charge is 0.417 e. The van der Waals surface area contributed by atoms with Crippen LogP contribution in [0.1, 0.15) is 24.1 Å². The number of rotatable bonds is 2. The van der Waals surface area contributed by atoms with Crippen molar-refractivity contribution in [3.63, 3.8) is 0 Å². The molecule has 0 unspecified atom stereocenters. The standard InChI is InChI=1S/C11H9ClF3NO2/c1-18-9(17)10(2-3-10)8-7(12)4-6(5-16-8)11(13,14)15/h4-5H,2-3H2,1H3. The number of nitrogens with zero attached hydrogens (tertiary/aromatic N) is 1. The van der Waals surface area contributed by atoms with Gasteiger partial charge in [0, 0.05) is 6.20 Å². The Morgan fingerprint density at radius 3 is 2.50 bits per heavy atom. The number of pyridine rings is 1. The van der Waals surface area contributed by atoms with Crippen molar-refractivity contribution >= 4 is 17.6 Å². The molecule has 0 spiro atoms. The van der Waals surface area contributed by atoms with E-state index in [0.717, 1.165) is 6.07 Å². The second-order valence-electron chi connectivity index (χ2n) is 4.13. The molecule has 0 radical (unpaired) electrons. The molecule has 18 heavy (non-hydrogen) atoms. The van der Waals surface area contributed by atoms with Crippen molar-refractivity contribution in [2.24, 2.45) is 0 Å². The van der Waals surface area contributed by atoms with E-state index in [4.69, 9.17) is 11.6 Å². The van der Waals surface area contributed by atoms with Gasteiger partial charge in [0.1, 0.15) is 5.41 Å². The highest BCUT2D eigenvalue weighted by Crippen LogP contribution is 2.50. The first-order chi connectivity index (χ1) is 8.31. The molecule has 0 atom stereocenters. The minimum Gasteiger partial charge on any atom is -0.468 e. The third kappa shape index (κ3) is 2.05. The minimum atomic E-state index is -4.50. The largest absolute Gasteiger partial charge is 0.468 e. The predicted molar refractivity (Wildman–Crippen MR) is 57.2 cm³/mol. The number of hydrogen-bond acceptors (Lipinski definition) is 3. The first-order valence-electron chi connectivity index (χ1n) is 5.13. The van der Waals surface area contributed by atoms with Gasteiger partial charge in [-0.05, 0) is 18.9 Å². The molecule has 1 aliphatic rings. The van der Waals surface area contributed by atoms with E-state index in [9.17, 15) is 18.0 Å². The lowest BCUT2D eigenvalue weighted by atomic mass is 10.0. The van der Waals surface area contributed by atoms with Crippen molar-refractivity contribution < 1.29 is 22.7 Å². The Morgan fingerprint density at radius 2 is 2.11 bits per heavy atom. The first-order valence-corrected chi connectivity index (χ1v) is 5.51. The van der Waals surface area contributed by atoms with Crippen molar-refractivity contribution in [1.29, 1.82) is 0 Å². The summed E-state index contributed by atoms with van der Waals surface area (Å²) < 4.78 is 42.0. The molecular weight excluding hydrogens is 271 g/mol. The van der Waals surface area contributed by atoms with Gasteiger partial charge in [-0.15, -0.1) is 0 Å². The normalized spacial score (nSPS) is 17.4. The average molecular weight is 280 g/mol. The Kier molecular flexibility index (Phi) is 3.01. The van der Waals surface area contributed by atoms with Gasteiger partial charge in [-0.1, -0.05) is 11.6 Å². The van der Waals surface area contributed by atoms with Crippen LogP contribution in [-0.2, 0) is 21.1 Å². The van der Waals surface area contributed by atoms with Crippen LogP contribution in [0.3, 0.4) is 0 Å². The minimum absolute atomic E-state index is 0.156. The zero-order valence-electron chi connectivity index (χ0n) is 9.34. The van der Waals surface area contributed by atoms with Crippen LogP contribution in [0, 0.1) is 0 Å². The molecule has 0 saturated heterocycles. The van der Waals surface area contributed by atoms with E-state index < -0.39 is 23.1 Å². The highest BCUT2D eigenvalue weighted by molar-refractivity contribution is 6.31. The third-order valence-electron chi connectivity index (χ3n) is 2.95. The van der Waals surface area contributed by atoms with Crippen LogP contribution in [0.2, 0.25) is 5.02 Å². The fraction of sp³-hybridized carbons (Fsp3) is 0.455. The van der Waals surface area contributed by atoms with Crippen LogP contribution in [0.4, 0.5) is 13.2 Å². The molecule has 1 aliphatic carbocycles. The Morgan fingerprint density at radius 1 is 1.50 bits per heavy atom. The molecule has 2 rings (SSSR count). The van der Waals surface area contributed by atoms with Crippen molar-refractivity contribution in [2.45, 2.75) is 24.4 Å². The number of aromatic nitrogens is 1. The van der Waals surface area contributed by atoms with Crippen LogP contribution in [0.5, 0.6) is 0 Å². The summed E-state index contributed by atoms with van der Waals surface area (Å²) in [5, 5.41) is -0.160. The number of carbonyl (C=O) groups excluding carboxylic acids is 1. The second kappa shape index (κ2) is 4.12. The van der Waals surface area contributed by atoms with Gasteiger partial charge in [-0.25, -0.2) is 0 Å². The Balaban J connectivity index is 2.40. The van der Waals surface area contributed by atoms with Gasteiger partial charge in [0.2, 0.25) is 0 Å². The lowest BCUT2D eigenvalue weighted by Crippen LogP contribution is -2.24. The Bertz CT molecular complexity index is 498. The molecule has 0 aromatic carbocycles. The van der Waals surface area contributed by atoms with E-state index in [-0.39, 0.29) is 10.7 Å². The Hall–Kier alpha value is -1.30. The average Bonchev–Trinajstić information content (AvgIpc) is 3.08. The highest BCUT2D eigenvalue weighted by atomic mass is 35.5. The summed E-state index contributed by atoms with van der Waals surface area (Å²) >= 11 is 5.79. The molecular formula is C11H9ClF3NO2. The number of halogens is 4. The molecule has 1 heterocycles. The summed E-state index contributed by atoms with van der Waals surface area (Å²) in [6, 6.07) is 0.785. The van der Waals surface area contributed by atoms with Gasteiger partial charge in [0.25, 0.3) is 0 Å². The molecule has 0 bridgehead atoms. The van der Waals surface area contributed by atoms with E-state index in [2.05, 4.69) is 9.72 Å². The third-order valence-corrected chi connectivity index (χ3v) is 3.24. The van der Waals surface area contributed by atoms with Crippen molar-refractivity contribution in [3.8, 4) is 0 Å². The molecule has 1 aromatic rings. The van der Waals surface area contributed by atoms with Crippen LogP contribution in [0.15, 0.2) is 12.3 Å². The fourth-order valence-electron chi connectivity index (χ4n) is 1.80. The molecule has 7 heteroatoms. The monoisotopic (exact) mass is 279 g/mol. The van der Waals surface area contributed by atoms with Gasteiger partial charge in [-0.3, -0.25) is 9.78 Å². The zero-order chi connectivity index (χ0) is 13.6. The molecule has 0 amide bonds. The molecule has 1 fully saturated rings. The van der Waals surface area contributed by atoms with Gasteiger partial charge in [-0.2, -0.15) is 13.2 Å². The van der Waals surface area contributed by atoms with Crippen LogP contribution in [0.25, 0.3) is 0 Å². The van der Waals surface area contributed by atoms with Crippen LogP contribution in [-0.4, -0.2) is 18.1 Å². The second-order valence-corrected chi connectivity index (χ2v) is 4.53. The summed E-state index contributed by atoms with van der Waals surface area (Å²) in [5.41, 5.74) is -1.74. The zero-order valence-corrected chi connectivity index (χ0v) is 10.1. The number of carbonyl (C=O) groups is 1. The SMILES string of the molecule is COC(=O)C1(c2ncc(C(F)(F)F)cc2Cl)CC1. The topological polar surface area (TPSA) is 39.2 Å². The molecule has 3 nitrogen and oxygen atoms in total. The number of methoxy groups -OCH3 is 1. The van der Waals surface area contributed by atoms with Crippen LogP contribution >= 0.6 is 11.6 Å².